The van der Waals surface area contributed by atoms with Gasteiger partial charge in [0.15, 0.2) is 11.5 Å². The van der Waals surface area contributed by atoms with Gasteiger partial charge in [0.05, 0.1) is 13.2 Å². The Morgan fingerprint density at radius 1 is 0.900 bits per heavy atom. The zero-order valence-corrected chi connectivity index (χ0v) is 17.6. The largest absolute Gasteiger partial charge is 0.513 e. The van der Waals surface area contributed by atoms with Crippen molar-refractivity contribution in [1.29, 1.82) is 0 Å². The number of carbonyl (C=O) groups is 3. The number of ether oxygens (including phenoxy) is 4. The van der Waals surface area contributed by atoms with Gasteiger partial charge in [0.25, 0.3) is 0 Å². The highest BCUT2D eigenvalue weighted by molar-refractivity contribution is 5.74. The SMILES string of the molecule is CCCCCOC(=O)Oc1ccc(C[C@H](N)C(=O)O)cc1OC(=O)OCCCCC. The molecule has 0 saturated carbocycles. The average Bonchev–Trinajstić information content (AvgIpc) is 2.70. The summed E-state index contributed by atoms with van der Waals surface area (Å²) in [5.74, 6) is -1.30. The Balaban J connectivity index is 2.84. The van der Waals surface area contributed by atoms with Crippen LogP contribution in [0.2, 0.25) is 0 Å². The van der Waals surface area contributed by atoms with Gasteiger partial charge in [-0.1, -0.05) is 45.6 Å². The zero-order valence-electron chi connectivity index (χ0n) is 17.6. The number of nitrogens with two attached hydrogens (primary N) is 1. The Labute approximate surface area is 176 Å². The van der Waals surface area contributed by atoms with Gasteiger partial charge in [0, 0.05) is 0 Å². The minimum atomic E-state index is -1.16. The first-order valence-corrected chi connectivity index (χ1v) is 10.2. The highest BCUT2D eigenvalue weighted by Crippen LogP contribution is 2.30. The van der Waals surface area contributed by atoms with Crippen LogP contribution in [0.3, 0.4) is 0 Å². The van der Waals surface area contributed by atoms with Crippen LogP contribution in [0.25, 0.3) is 0 Å². The fraction of sp³-hybridized carbons (Fsp3) is 0.571. The molecule has 0 bridgehead atoms. The van der Waals surface area contributed by atoms with E-state index < -0.39 is 24.3 Å². The summed E-state index contributed by atoms with van der Waals surface area (Å²) in [4.78, 5) is 34.8. The summed E-state index contributed by atoms with van der Waals surface area (Å²) in [6, 6.07) is 3.17. The lowest BCUT2D eigenvalue weighted by atomic mass is 10.1. The molecule has 0 saturated heterocycles. The van der Waals surface area contributed by atoms with Crippen LogP contribution in [-0.4, -0.2) is 42.6 Å². The molecule has 0 aliphatic heterocycles. The summed E-state index contributed by atoms with van der Waals surface area (Å²) < 4.78 is 20.3. The van der Waals surface area contributed by atoms with E-state index in [1.165, 1.54) is 18.2 Å². The van der Waals surface area contributed by atoms with Crippen LogP contribution >= 0.6 is 0 Å². The number of carboxylic acids is 1. The van der Waals surface area contributed by atoms with Crippen LogP contribution in [-0.2, 0) is 20.7 Å². The Morgan fingerprint density at radius 2 is 1.43 bits per heavy atom. The molecule has 0 spiro atoms. The summed E-state index contributed by atoms with van der Waals surface area (Å²) in [7, 11) is 0. The summed E-state index contributed by atoms with van der Waals surface area (Å²) in [5, 5.41) is 8.98. The standard InChI is InChI=1S/C21H31NO8/c1-3-5-7-11-27-20(25)29-17-10-9-15(13-16(22)19(23)24)14-18(17)30-21(26)28-12-8-6-4-2/h9-10,14,16H,3-8,11-13,22H2,1-2H3,(H,23,24)/t16-/m0/s1. The van der Waals surface area contributed by atoms with Crippen LogP contribution in [0.4, 0.5) is 9.59 Å². The molecule has 0 fully saturated rings. The number of hydrogen-bond acceptors (Lipinski definition) is 8. The number of hydrogen-bond donors (Lipinski definition) is 2. The van der Waals surface area contributed by atoms with Gasteiger partial charge < -0.3 is 29.8 Å². The maximum absolute atomic E-state index is 12.0. The third-order valence-corrected chi connectivity index (χ3v) is 4.10. The van der Waals surface area contributed by atoms with Gasteiger partial charge in [-0.2, -0.15) is 0 Å². The van der Waals surface area contributed by atoms with Gasteiger partial charge in [-0.15, -0.1) is 0 Å². The van der Waals surface area contributed by atoms with Gasteiger partial charge in [-0.25, -0.2) is 9.59 Å². The number of unbranched alkanes of at least 4 members (excludes halogenated alkanes) is 4. The minimum Gasteiger partial charge on any atom is -0.480 e. The minimum absolute atomic E-state index is 0.00101. The Hall–Kier alpha value is -2.81. The lowest BCUT2D eigenvalue weighted by Gasteiger charge is -2.13. The first-order valence-electron chi connectivity index (χ1n) is 10.2. The third kappa shape index (κ3) is 10.1. The van der Waals surface area contributed by atoms with Crippen LogP contribution in [0.1, 0.15) is 57.9 Å². The highest BCUT2D eigenvalue weighted by Gasteiger charge is 2.19. The normalized spacial score (nSPS) is 11.4. The highest BCUT2D eigenvalue weighted by atomic mass is 16.7. The topological polar surface area (TPSA) is 134 Å². The van der Waals surface area contributed by atoms with Crippen molar-refractivity contribution in [1.82, 2.24) is 0 Å². The summed E-state index contributed by atoms with van der Waals surface area (Å²) in [6.45, 7) is 4.47. The van der Waals surface area contributed by atoms with E-state index >= 15 is 0 Å². The number of aliphatic carboxylic acids is 1. The molecule has 9 heteroatoms. The fourth-order valence-electron chi connectivity index (χ4n) is 2.44. The van der Waals surface area contributed by atoms with Crippen LogP contribution < -0.4 is 15.2 Å². The third-order valence-electron chi connectivity index (χ3n) is 4.10. The van der Waals surface area contributed by atoms with Gasteiger partial charge in [-0.05, 0) is 37.0 Å². The molecule has 168 valence electrons. The van der Waals surface area contributed by atoms with E-state index in [4.69, 9.17) is 29.8 Å². The van der Waals surface area contributed by atoms with Crippen molar-refractivity contribution in [3.63, 3.8) is 0 Å². The molecule has 0 unspecified atom stereocenters. The van der Waals surface area contributed by atoms with Crippen LogP contribution in [0.5, 0.6) is 11.5 Å². The summed E-state index contributed by atoms with van der Waals surface area (Å²) in [5.41, 5.74) is 6.04. The van der Waals surface area contributed by atoms with Crippen molar-refractivity contribution in [2.24, 2.45) is 5.73 Å². The molecular formula is C21H31NO8. The number of carbonyl (C=O) groups excluding carboxylic acids is 2. The first-order chi connectivity index (χ1) is 14.4. The van der Waals surface area contributed by atoms with E-state index in [1.54, 1.807) is 0 Å². The molecule has 0 radical (unpaired) electrons. The molecule has 3 N–H and O–H groups in total. The second-order valence-electron chi connectivity index (χ2n) is 6.75. The molecule has 0 amide bonds. The summed E-state index contributed by atoms with van der Waals surface area (Å²) in [6.07, 6.45) is 3.32. The second-order valence-corrected chi connectivity index (χ2v) is 6.75. The monoisotopic (exact) mass is 425 g/mol. The van der Waals surface area contributed by atoms with Crippen molar-refractivity contribution >= 4 is 18.3 Å². The Kier molecular flexibility index (Phi) is 12.0. The molecule has 9 nitrogen and oxygen atoms in total. The smallest absolute Gasteiger partial charge is 0.480 e. The van der Waals surface area contributed by atoms with Gasteiger partial charge >= 0.3 is 18.3 Å². The van der Waals surface area contributed by atoms with Gasteiger partial charge in [0.1, 0.15) is 6.04 Å². The lowest BCUT2D eigenvalue weighted by Crippen LogP contribution is -2.32. The molecule has 0 aromatic heterocycles. The van der Waals surface area contributed by atoms with E-state index in [0.717, 1.165) is 25.7 Å². The molecule has 30 heavy (non-hydrogen) atoms. The van der Waals surface area contributed by atoms with E-state index in [-0.39, 0.29) is 31.1 Å². The molecule has 1 atom stereocenters. The number of rotatable bonds is 13. The van der Waals surface area contributed by atoms with Gasteiger partial charge in [0.2, 0.25) is 0 Å². The van der Waals surface area contributed by atoms with E-state index in [1.807, 2.05) is 13.8 Å². The van der Waals surface area contributed by atoms with Crippen LogP contribution in [0, 0.1) is 0 Å². The average molecular weight is 425 g/mol. The first kappa shape index (κ1) is 25.2. The van der Waals surface area contributed by atoms with Crippen molar-refractivity contribution in [3.05, 3.63) is 23.8 Å². The Bertz CT molecular complexity index is 692. The lowest BCUT2D eigenvalue weighted by molar-refractivity contribution is -0.138. The van der Waals surface area contributed by atoms with Crippen molar-refractivity contribution in [3.8, 4) is 11.5 Å². The maximum Gasteiger partial charge on any atom is 0.513 e. The van der Waals surface area contributed by atoms with Crippen molar-refractivity contribution in [2.45, 2.75) is 64.8 Å². The molecule has 1 aromatic rings. The maximum atomic E-state index is 12.0. The van der Waals surface area contributed by atoms with E-state index in [9.17, 15) is 14.4 Å². The molecule has 0 aliphatic rings. The van der Waals surface area contributed by atoms with E-state index in [2.05, 4.69) is 0 Å². The fourth-order valence-corrected chi connectivity index (χ4v) is 2.44. The summed E-state index contributed by atoms with van der Waals surface area (Å²) >= 11 is 0. The molecule has 0 aliphatic carbocycles. The van der Waals surface area contributed by atoms with Crippen molar-refractivity contribution in [2.75, 3.05) is 13.2 Å². The van der Waals surface area contributed by atoms with E-state index in [0.29, 0.717) is 18.4 Å². The predicted molar refractivity (Wildman–Crippen MR) is 109 cm³/mol. The number of carboxylic acid groups (broad SMARTS) is 1. The predicted octanol–water partition coefficient (Wildman–Crippen LogP) is 4.05. The quantitative estimate of drug-likeness (QED) is 0.272. The molecule has 1 rings (SSSR count). The molecule has 1 aromatic carbocycles. The van der Waals surface area contributed by atoms with Gasteiger partial charge in [-0.3, -0.25) is 4.79 Å². The zero-order chi connectivity index (χ0) is 22.4. The number of benzene rings is 1. The second kappa shape index (κ2) is 14.2. The van der Waals surface area contributed by atoms with Crippen LogP contribution in [0.15, 0.2) is 18.2 Å². The molecule has 0 heterocycles. The molecular weight excluding hydrogens is 394 g/mol. The van der Waals surface area contributed by atoms with Crippen molar-refractivity contribution < 1.29 is 38.4 Å². The Morgan fingerprint density at radius 3 is 1.93 bits per heavy atom.